The van der Waals surface area contributed by atoms with Crippen molar-refractivity contribution in [2.45, 2.75) is 24.6 Å². The summed E-state index contributed by atoms with van der Waals surface area (Å²) in [5.41, 5.74) is 1.50. The summed E-state index contributed by atoms with van der Waals surface area (Å²) in [6.07, 6.45) is 0. The van der Waals surface area contributed by atoms with Gasteiger partial charge in [-0.25, -0.2) is 13.1 Å². The molecule has 0 spiro atoms. The number of thiophene rings is 1. The molecule has 0 fully saturated rings. The molecule has 0 aliphatic heterocycles. The third-order valence-electron chi connectivity index (χ3n) is 3.03. The lowest BCUT2D eigenvalue weighted by molar-refractivity contribution is -0.118. The zero-order valence-corrected chi connectivity index (χ0v) is 15.9. The molecule has 1 amide bonds. The van der Waals surface area contributed by atoms with E-state index in [-0.39, 0.29) is 22.6 Å². The number of carbonyl (C=O) groups excluding carboxylic acids is 1. The average Bonchev–Trinajstić information content (AvgIpc) is 2.94. The molecule has 8 heteroatoms. The number of anilines is 1. The fourth-order valence-corrected chi connectivity index (χ4v) is 4.76. The van der Waals surface area contributed by atoms with E-state index in [4.69, 9.17) is 0 Å². The Morgan fingerprint density at radius 1 is 1.17 bits per heavy atom. The number of hydrogen-bond acceptors (Lipinski definition) is 4. The lowest BCUT2D eigenvalue weighted by Gasteiger charge is -2.09. The average molecular weight is 417 g/mol. The summed E-state index contributed by atoms with van der Waals surface area (Å²) in [5.74, 6) is -0.145. The molecule has 0 unspecified atom stereocenters. The molecule has 0 radical (unpaired) electrons. The van der Waals surface area contributed by atoms with Crippen LogP contribution in [0.2, 0.25) is 0 Å². The molecule has 2 aromatic rings. The van der Waals surface area contributed by atoms with E-state index >= 15 is 0 Å². The van der Waals surface area contributed by atoms with Crippen LogP contribution >= 0.6 is 27.3 Å². The van der Waals surface area contributed by atoms with Gasteiger partial charge in [-0.2, -0.15) is 0 Å². The molecule has 23 heavy (non-hydrogen) atoms. The van der Waals surface area contributed by atoms with Crippen LogP contribution in [0.1, 0.15) is 19.4 Å². The number of halogens is 1. The van der Waals surface area contributed by atoms with Crippen LogP contribution in [0.5, 0.6) is 0 Å². The number of nitrogens with one attached hydrogen (secondary N) is 2. The molecule has 0 saturated heterocycles. The Hall–Kier alpha value is -1.22. The highest BCUT2D eigenvalue weighted by Crippen LogP contribution is 2.26. The minimum atomic E-state index is -3.51. The maximum absolute atomic E-state index is 12.1. The van der Waals surface area contributed by atoms with Crippen molar-refractivity contribution in [2.75, 3.05) is 5.32 Å². The van der Waals surface area contributed by atoms with Gasteiger partial charge in [0.15, 0.2) is 0 Å². The quantitative estimate of drug-likeness (QED) is 0.755. The van der Waals surface area contributed by atoms with Gasteiger partial charge in [0.25, 0.3) is 0 Å². The zero-order valence-electron chi connectivity index (χ0n) is 12.7. The molecular weight excluding hydrogens is 400 g/mol. The van der Waals surface area contributed by atoms with Crippen molar-refractivity contribution in [1.82, 2.24) is 4.72 Å². The number of carbonyl (C=O) groups is 1. The molecular formula is C15H17BrN2O3S2. The summed E-state index contributed by atoms with van der Waals surface area (Å²) in [6.45, 7) is 3.83. The zero-order chi connectivity index (χ0) is 17.0. The van der Waals surface area contributed by atoms with Gasteiger partial charge in [-0.3, -0.25) is 4.79 Å². The van der Waals surface area contributed by atoms with Crippen molar-refractivity contribution < 1.29 is 13.2 Å². The van der Waals surface area contributed by atoms with Gasteiger partial charge in [0.05, 0.1) is 3.79 Å². The third kappa shape index (κ3) is 5.13. The van der Waals surface area contributed by atoms with Gasteiger partial charge in [-0.05, 0) is 45.8 Å². The van der Waals surface area contributed by atoms with E-state index in [0.29, 0.717) is 5.69 Å². The van der Waals surface area contributed by atoms with Gasteiger partial charge in [-0.1, -0.05) is 26.0 Å². The van der Waals surface area contributed by atoms with Crippen LogP contribution in [0.3, 0.4) is 0 Å². The van der Waals surface area contributed by atoms with Crippen LogP contribution < -0.4 is 10.0 Å². The topological polar surface area (TPSA) is 75.3 Å². The molecule has 0 bridgehead atoms. The lowest BCUT2D eigenvalue weighted by Crippen LogP contribution is -2.22. The predicted octanol–water partition coefficient (Wildman–Crippen LogP) is 3.58. The van der Waals surface area contributed by atoms with Gasteiger partial charge in [0, 0.05) is 18.2 Å². The molecule has 2 rings (SSSR count). The summed E-state index contributed by atoms with van der Waals surface area (Å²) in [5, 5.41) is 2.79. The number of benzene rings is 1. The van der Waals surface area contributed by atoms with Gasteiger partial charge < -0.3 is 5.32 Å². The van der Waals surface area contributed by atoms with Crippen LogP contribution in [0.4, 0.5) is 5.69 Å². The highest BCUT2D eigenvalue weighted by Gasteiger charge is 2.16. The number of rotatable bonds is 6. The fraction of sp³-hybridized carbons (Fsp3) is 0.267. The minimum Gasteiger partial charge on any atom is -0.326 e. The fourth-order valence-electron chi connectivity index (χ4n) is 1.68. The molecule has 0 saturated carbocycles. The summed E-state index contributed by atoms with van der Waals surface area (Å²) < 4.78 is 27.8. The smallest absolute Gasteiger partial charge is 0.250 e. The third-order valence-corrected chi connectivity index (χ3v) is 6.54. The normalized spacial score (nSPS) is 11.7. The summed E-state index contributed by atoms with van der Waals surface area (Å²) in [7, 11) is -3.51. The Morgan fingerprint density at radius 2 is 1.83 bits per heavy atom. The van der Waals surface area contributed by atoms with Crippen LogP contribution in [-0.2, 0) is 21.4 Å². The van der Waals surface area contributed by atoms with E-state index in [9.17, 15) is 13.2 Å². The Balaban J connectivity index is 1.97. The standard InChI is InChI=1S/C15H17BrN2O3S2/c1-10(2)15(19)18-12-5-3-11(4-6-12)9-17-23(20,21)14-8-7-13(16)22-14/h3-8,10,17H,9H2,1-2H3,(H,18,19). The number of amides is 1. The van der Waals surface area contributed by atoms with Crippen molar-refractivity contribution in [3.05, 3.63) is 45.7 Å². The van der Waals surface area contributed by atoms with Gasteiger partial charge in [0.2, 0.25) is 15.9 Å². The van der Waals surface area contributed by atoms with E-state index in [2.05, 4.69) is 26.0 Å². The second-order valence-electron chi connectivity index (χ2n) is 5.22. The predicted molar refractivity (Wildman–Crippen MR) is 96.0 cm³/mol. The number of sulfonamides is 1. The SMILES string of the molecule is CC(C)C(=O)Nc1ccc(CNS(=O)(=O)c2ccc(Br)s2)cc1. The highest BCUT2D eigenvalue weighted by atomic mass is 79.9. The van der Waals surface area contributed by atoms with Crippen molar-refractivity contribution >= 4 is 48.9 Å². The maximum atomic E-state index is 12.1. The van der Waals surface area contributed by atoms with E-state index in [1.165, 1.54) is 0 Å². The molecule has 1 heterocycles. The van der Waals surface area contributed by atoms with Crippen LogP contribution in [0.25, 0.3) is 0 Å². The van der Waals surface area contributed by atoms with E-state index in [1.54, 1.807) is 36.4 Å². The van der Waals surface area contributed by atoms with Crippen molar-refractivity contribution in [1.29, 1.82) is 0 Å². The molecule has 1 aromatic heterocycles. The second-order valence-corrected chi connectivity index (χ2v) is 9.68. The highest BCUT2D eigenvalue weighted by molar-refractivity contribution is 9.11. The number of hydrogen-bond donors (Lipinski definition) is 2. The first-order chi connectivity index (χ1) is 10.8. The van der Waals surface area contributed by atoms with Crippen LogP contribution in [0.15, 0.2) is 44.4 Å². The maximum Gasteiger partial charge on any atom is 0.250 e. The van der Waals surface area contributed by atoms with Gasteiger partial charge in [0.1, 0.15) is 4.21 Å². The van der Waals surface area contributed by atoms with E-state index in [0.717, 1.165) is 20.7 Å². The van der Waals surface area contributed by atoms with E-state index < -0.39 is 10.0 Å². The van der Waals surface area contributed by atoms with Crippen LogP contribution in [0, 0.1) is 5.92 Å². The first-order valence-corrected chi connectivity index (χ1v) is 10.0. The molecule has 0 aliphatic rings. The first kappa shape index (κ1) is 18.1. The van der Waals surface area contributed by atoms with Gasteiger partial charge >= 0.3 is 0 Å². The first-order valence-electron chi connectivity index (χ1n) is 6.93. The Bertz CT molecular complexity index is 783. The van der Waals surface area contributed by atoms with Crippen LogP contribution in [-0.4, -0.2) is 14.3 Å². The minimum absolute atomic E-state index is 0.0540. The molecule has 0 aliphatic carbocycles. The summed E-state index contributed by atoms with van der Waals surface area (Å²) in [4.78, 5) is 11.6. The van der Waals surface area contributed by atoms with Gasteiger partial charge in [-0.15, -0.1) is 11.3 Å². The molecule has 2 N–H and O–H groups in total. The molecule has 0 atom stereocenters. The largest absolute Gasteiger partial charge is 0.326 e. The molecule has 124 valence electrons. The Morgan fingerprint density at radius 3 is 2.35 bits per heavy atom. The molecule has 1 aromatic carbocycles. The Labute approximate surface area is 148 Å². The summed E-state index contributed by atoms with van der Waals surface area (Å²) in [6, 6.07) is 10.3. The summed E-state index contributed by atoms with van der Waals surface area (Å²) >= 11 is 4.41. The van der Waals surface area contributed by atoms with Crippen molar-refractivity contribution in [2.24, 2.45) is 5.92 Å². The van der Waals surface area contributed by atoms with E-state index in [1.807, 2.05) is 13.8 Å². The van der Waals surface area contributed by atoms with Crippen molar-refractivity contribution in [3.63, 3.8) is 0 Å². The Kier molecular flexibility index (Phi) is 5.96. The lowest BCUT2D eigenvalue weighted by atomic mass is 10.2. The molecule has 5 nitrogen and oxygen atoms in total. The second kappa shape index (κ2) is 7.57. The van der Waals surface area contributed by atoms with Crippen molar-refractivity contribution in [3.8, 4) is 0 Å². The monoisotopic (exact) mass is 416 g/mol.